The van der Waals surface area contributed by atoms with Gasteiger partial charge < -0.3 is 14.8 Å². The number of aromatic amines is 1. The standard InChI is InChI=1S/C26H28FN5/c1-20-26(32-13-11-28-12-14-32)24(25(29-20)21-5-3-2-4-6-21)19-30-15-17-31(18-16-30)23-9-7-22(27)8-10-23/h2-13,29H,14-19H2,1H3. The molecule has 0 saturated carbocycles. The van der Waals surface area contributed by atoms with Crippen molar-refractivity contribution in [2.24, 2.45) is 4.99 Å². The lowest BCUT2D eigenvalue weighted by Crippen LogP contribution is -2.46. The fourth-order valence-corrected chi connectivity index (χ4v) is 4.64. The highest BCUT2D eigenvalue weighted by Gasteiger charge is 2.25. The number of hydrogen-bond acceptors (Lipinski definition) is 4. The smallest absolute Gasteiger partial charge is 0.123 e. The second-order valence-corrected chi connectivity index (χ2v) is 8.34. The van der Waals surface area contributed by atoms with Gasteiger partial charge in [-0.05, 0) is 36.8 Å². The number of rotatable bonds is 5. The SMILES string of the molecule is Cc1[nH]c(-c2ccccc2)c(CN2CCN(c3ccc(F)cc3)CC2)c1N1C=CN=CC1. The highest BCUT2D eigenvalue weighted by molar-refractivity contribution is 5.79. The average molecular weight is 430 g/mol. The van der Waals surface area contributed by atoms with Gasteiger partial charge in [0.2, 0.25) is 0 Å². The summed E-state index contributed by atoms with van der Waals surface area (Å²) in [5.41, 5.74) is 7.22. The van der Waals surface area contributed by atoms with Crippen LogP contribution in [0.15, 0.2) is 72.0 Å². The van der Waals surface area contributed by atoms with E-state index in [4.69, 9.17) is 0 Å². The zero-order valence-corrected chi connectivity index (χ0v) is 18.3. The molecule has 1 aromatic heterocycles. The van der Waals surface area contributed by atoms with Crippen molar-refractivity contribution >= 4 is 17.6 Å². The van der Waals surface area contributed by atoms with Gasteiger partial charge in [-0.25, -0.2) is 4.39 Å². The van der Waals surface area contributed by atoms with E-state index in [1.165, 1.54) is 40.3 Å². The molecule has 0 atom stereocenters. The van der Waals surface area contributed by atoms with Gasteiger partial charge >= 0.3 is 0 Å². The molecule has 0 amide bonds. The maximum atomic E-state index is 13.3. The molecule has 5 rings (SSSR count). The van der Waals surface area contributed by atoms with Gasteiger partial charge in [0, 0.05) is 68.3 Å². The summed E-state index contributed by atoms with van der Waals surface area (Å²) in [6.45, 7) is 7.59. The number of piperazine rings is 1. The van der Waals surface area contributed by atoms with E-state index in [1.54, 1.807) is 0 Å². The molecule has 2 aliphatic heterocycles. The number of H-pyrrole nitrogens is 1. The number of nitrogens with zero attached hydrogens (tertiary/aromatic N) is 4. The summed E-state index contributed by atoms with van der Waals surface area (Å²) in [6, 6.07) is 17.4. The summed E-state index contributed by atoms with van der Waals surface area (Å²) in [4.78, 5) is 15.0. The highest BCUT2D eigenvalue weighted by atomic mass is 19.1. The van der Waals surface area contributed by atoms with Crippen molar-refractivity contribution in [1.29, 1.82) is 0 Å². The normalized spacial score (nSPS) is 16.7. The van der Waals surface area contributed by atoms with Crippen molar-refractivity contribution in [3.05, 3.63) is 84.1 Å². The molecule has 5 nitrogen and oxygen atoms in total. The summed E-state index contributed by atoms with van der Waals surface area (Å²) in [5.74, 6) is -0.187. The van der Waals surface area contributed by atoms with E-state index in [2.05, 4.69) is 68.1 Å². The predicted octanol–water partition coefficient (Wildman–Crippen LogP) is 4.81. The van der Waals surface area contributed by atoms with E-state index in [0.29, 0.717) is 0 Å². The third-order valence-electron chi connectivity index (χ3n) is 6.27. The molecule has 2 aliphatic rings. The van der Waals surface area contributed by atoms with Gasteiger partial charge in [0.25, 0.3) is 0 Å². The lowest BCUT2D eigenvalue weighted by Gasteiger charge is -2.36. The molecule has 1 fully saturated rings. The maximum Gasteiger partial charge on any atom is 0.123 e. The Labute approximate surface area is 188 Å². The molecule has 0 radical (unpaired) electrons. The third kappa shape index (κ3) is 4.18. The molecule has 1 saturated heterocycles. The van der Waals surface area contributed by atoms with E-state index in [1.807, 2.05) is 24.5 Å². The Hall–Kier alpha value is -3.38. The molecule has 32 heavy (non-hydrogen) atoms. The van der Waals surface area contributed by atoms with Gasteiger partial charge in [-0.15, -0.1) is 0 Å². The first-order valence-corrected chi connectivity index (χ1v) is 11.1. The summed E-state index contributed by atoms with van der Waals surface area (Å²) in [7, 11) is 0. The molecule has 3 heterocycles. The van der Waals surface area contributed by atoms with Crippen molar-refractivity contribution < 1.29 is 4.39 Å². The molecule has 3 aromatic rings. The van der Waals surface area contributed by atoms with Crippen molar-refractivity contribution in [3.8, 4) is 11.3 Å². The van der Waals surface area contributed by atoms with Crippen LogP contribution in [-0.4, -0.2) is 48.8 Å². The minimum absolute atomic E-state index is 0.187. The minimum atomic E-state index is -0.187. The van der Waals surface area contributed by atoms with Gasteiger partial charge in [0.05, 0.1) is 17.9 Å². The Morgan fingerprint density at radius 1 is 0.969 bits per heavy atom. The molecule has 1 N–H and O–H groups in total. The van der Waals surface area contributed by atoms with Crippen LogP contribution < -0.4 is 9.80 Å². The number of nitrogens with one attached hydrogen (secondary N) is 1. The quantitative estimate of drug-likeness (QED) is 0.632. The number of aromatic nitrogens is 1. The highest BCUT2D eigenvalue weighted by Crippen LogP contribution is 2.36. The van der Waals surface area contributed by atoms with Gasteiger partial charge in [-0.3, -0.25) is 9.89 Å². The van der Waals surface area contributed by atoms with Crippen molar-refractivity contribution in [2.75, 3.05) is 42.5 Å². The number of benzene rings is 2. The van der Waals surface area contributed by atoms with Crippen LogP contribution in [0.4, 0.5) is 15.8 Å². The second-order valence-electron chi connectivity index (χ2n) is 8.34. The van der Waals surface area contributed by atoms with Crippen LogP contribution in [0, 0.1) is 12.7 Å². The fraction of sp³-hybridized carbons (Fsp3) is 0.269. The molecule has 0 unspecified atom stereocenters. The molecule has 0 aliphatic carbocycles. The van der Waals surface area contributed by atoms with Crippen LogP contribution in [-0.2, 0) is 6.54 Å². The number of aryl methyl sites for hydroxylation is 1. The molecular formula is C26H28FN5. The number of halogens is 1. The second kappa shape index (κ2) is 9.01. The fourth-order valence-electron chi connectivity index (χ4n) is 4.64. The Bertz CT molecular complexity index is 1110. The molecule has 2 aromatic carbocycles. The number of aliphatic imine (C=N–C) groups is 1. The van der Waals surface area contributed by atoms with E-state index >= 15 is 0 Å². The first-order chi connectivity index (χ1) is 15.7. The van der Waals surface area contributed by atoms with Crippen LogP contribution >= 0.6 is 0 Å². The summed E-state index contributed by atoms with van der Waals surface area (Å²) < 4.78 is 13.3. The van der Waals surface area contributed by atoms with Gasteiger partial charge in [-0.2, -0.15) is 0 Å². The monoisotopic (exact) mass is 429 g/mol. The van der Waals surface area contributed by atoms with E-state index in [9.17, 15) is 4.39 Å². The Morgan fingerprint density at radius 2 is 1.72 bits per heavy atom. The van der Waals surface area contributed by atoms with Crippen LogP contribution in [0.2, 0.25) is 0 Å². The van der Waals surface area contributed by atoms with Gasteiger partial charge in [-0.1, -0.05) is 30.3 Å². The third-order valence-corrected chi connectivity index (χ3v) is 6.27. The van der Waals surface area contributed by atoms with Crippen molar-refractivity contribution in [2.45, 2.75) is 13.5 Å². The van der Waals surface area contributed by atoms with Crippen molar-refractivity contribution in [1.82, 2.24) is 9.88 Å². The largest absolute Gasteiger partial charge is 0.369 e. The van der Waals surface area contributed by atoms with E-state index in [-0.39, 0.29) is 5.82 Å². The zero-order chi connectivity index (χ0) is 21.9. The van der Waals surface area contributed by atoms with Crippen LogP contribution in [0.5, 0.6) is 0 Å². The lowest BCUT2D eigenvalue weighted by molar-refractivity contribution is 0.250. The summed E-state index contributed by atoms with van der Waals surface area (Å²) >= 11 is 0. The summed E-state index contributed by atoms with van der Waals surface area (Å²) in [6.07, 6.45) is 5.85. The zero-order valence-electron chi connectivity index (χ0n) is 18.3. The summed E-state index contributed by atoms with van der Waals surface area (Å²) in [5, 5.41) is 0. The van der Waals surface area contributed by atoms with Crippen LogP contribution in [0.1, 0.15) is 11.3 Å². The molecule has 164 valence electrons. The molecule has 6 heteroatoms. The predicted molar refractivity (Wildman–Crippen MR) is 130 cm³/mol. The number of anilines is 2. The van der Waals surface area contributed by atoms with E-state index < -0.39 is 0 Å². The number of hydrogen-bond donors (Lipinski definition) is 1. The Balaban J connectivity index is 1.39. The first kappa shape index (κ1) is 20.5. The lowest BCUT2D eigenvalue weighted by atomic mass is 10.1. The molecular weight excluding hydrogens is 401 g/mol. The van der Waals surface area contributed by atoms with Gasteiger partial charge in [0.15, 0.2) is 0 Å². The van der Waals surface area contributed by atoms with Crippen LogP contribution in [0.25, 0.3) is 11.3 Å². The molecule has 0 spiro atoms. The maximum absolute atomic E-state index is 13.3. The van der Waals surface area contributed by atoms with Crippen molar-refractivity contribution in [3.63, 3.8) is 0 Å². The Kier molecular flexibility index (Phi) is 5.77. The van der Waals surface area contributed by atoms with Gasteiger partial charge in [0.1, 0.15) is 5.82 Å². The minimum Gasteiger partial charge on any atom is -0.369 e. The van der Waals surface area contributed by atoms with E-state index in [0.717, 1.165) is 45.0 Å². The molecule has 0 bridgehead atoms. The first-order valence-electron chi connectivity index (χ1n) is 11.1. The average Bonchev–Trinajstić information content (AvgIpc) is 3.17. The topological polar surface area (TPSA) is 37.9 Å². The van der Waals surface area contributed by atoms with Crippen LogP contribution in [0.3, 0.4) is 0 Å². The Morgan fingerprint density at radius 3 is 2.41 bits per heavy atom.